The second-order valence-electron chi connectivity index (χ2n) is 3.99. The Labute approximate surface area is 80.4 Å². The third-order valence-corrected chi connectivity index (χ3v) is 3.07. The van der Waals surface area contributed by atoms with Crippen molar-refractivity contribution in [3.63, 3.8) is 0 Å². The van der Waals surface area contributed by atoms with Crippen molar-refractivity contribution in [2.75, 3.05) is 13.7 Å². The summed E-state index contributed by atoms with van der Waals surface area (Å²) >= 11 is 0. The van der Waals surface area contributed by atoms with E-state index < -0.39 is 0 Å². The maximum absolute atomic E-state index is 9.38. The topological polar surface area (TPSA) is 43.7 Å². The summed E-state index contributed by atoms with van der Waals surface area (Å²) in [6.45, 7) is 1.93. The molecule has 2 rings (SSSR count). The molecule has 2 N–H and O–H groups in total. The summed E-state index contributed by atoms with van der Waals surface area (Å²) in [5.74, 6) is 0. The molecule has 3 nitrogen and oxygen atoms in total. The average molecular weight is 187 g/mol. The molecular weight excluding hydrogens is 166 g/mol. The van der Waals surface area contributed by atoms with Gasteiger partial charge in [-0.1, -0.05) is 0 Å². The summed E-state index contributed by atoms with van der Waals surface area (Å²) in [5, 5.41) is 17.0. The minimum Gasteiger partial charge on any atom is -0.397 e. The van der Waals surface area contributed by atoms with Crippen molar-refractivity contribution in [1.29, 1.82) is 0 Å². The monoisotopic (exact) mass is 187 g/mol. The first kappa shape index (κ1) is 11.0. The molecule has 2 heterocycles. The normalized spacial score (nSPS) is 38.3. The quantitative estimate of drug-likeness (QED) is 0.584. The maximum atomic E-state index is 9.38. The van der Waals surface area contributed by atoms with Crippen molar-refractivity contribution in [3.05, 3.63) is 0 Å². The highest BCUT2D eigenvalue weighted by molar-refractivity contribution is 4.93. The molecule has 0 saturated carbocycles. The Kier molecular flexibility index (Phi) is 4.16. The van der Waals surface area contributed by atoms with Crippen molar-refractivity contribution in [2.45, 2.75) is 50.8 Å². The van der Waals surface area contributed by atoms with Crippen LogP contribution in [0.2, 0.25) is 0 Å². The summed E-state index contributed by atoms with van der Waals surface area (Å²) in [7, 11) is 2.19. The summed E-state index contributed by atoms with van der Waals surface area (Å²) in [6.07, 6.45) is 4.62. The Hall–Kier alpha value is -0.120. The first-order valence-electron chi connectivity index (χ1n) is 5.19. The van der Waals surface area contributed by atoms with Gasteiger partial charge in [-0.2, -0.15) is 0 Å². The third-order valence-electron chi connectivity index (χ3n) is 3.07. The van der Waals surface area contributed by atoms with Crippen LogP contribution in [0, 0.1) is 0 Å². The number of piperidine rings is 1. The van der Waals surface area contributed by atoms with Crippen LogP contribution in [0.15, 0.2) is 0 Å². The van der Waals surface area contributed by atoms with Crippen molar-refractivity contribution in [2.24, 2.45) is 0 Å². The highest BCUT2D eigenvalue weighted by atomic mass is 16.3. The van der Waals surface area contributed by atoms with Crippen LogP contribution in [-0.4, -0.2) is 47.0 Å². The lowest BCUT2D eigenvalue weighted by molar-refractivity contribution is 0.0503. The Morgan fingerprint density at radius 1 is 1.23 bits per heavy atom. The number of aliphatic hydroxyl groups excluding tert-OH is 2. The molecule has 0 aliphatic carbocycles. The van der Waals surface area contributed by atoms with Gasteiger partial charge in [0.1, 0.15) is 0 Å². The SMILES string of the molecule is CCO.CN1[C@@H]2CC[C@H]1CC(O)C2. The number of hydrogen-bond donors (Lipinski definition) is 2. The molecule has 2 saturated heterocycles. The molecule has 3 heteroatoms. The Morgan fingerprint density at radius 2 is 1.62 bits per heavy atom. The fourth-order valence-electron chi connectivity index (χ4n) is 2.38. The van der Waals surface area contributed by atoms with Crippen LogP contribution in [0.25, 0.3) is 0 Å². The molecule has 2 bridgehead atoms. The van der Waals surface area contributed by atoms with Gasteiger partial charge in [-0.05, 0) is 39.7 Å². The number of hydrogen-bond acceptors (Lipinski definition) is 3. The van der Waals surface area contributed by atoms with Gasteiger partial charge >= 0.3 is 0 Å². The molecule has 0 radical (unpaired) electrons. The van der Waals surface area contributed by atoms with E-state index in [2.05, 4.69) is 11.9 Å². The zero-order chi connectivity index (χ0) is 9.84. The third kappa shape index (κ3) is 2.66. The second-order valence-corrected chi connectivity index (χ2v) is 3.99. The van der Waals surface area contributed by atoms with Crippen LogP contribution >= 0.6 is 0 Å². The van der Waals surface area contributed by atoms with Crippen LogP contribution in [0.3, 0.4) is 0 Å². The molecule has 0 aromatic carbocycles. The van der Waals surface area contributed by atoms with Gasteiger partial charge in [0, 0.05) is 18.7 Å². The van der Waals surface area contributed by atoms with Gasteiger partial charge in [-0.25, -0.2) is 0 Å². The van der Waals surface area contributed by atoms with E-state index in [9.17, 15) is 5.11 Å². The molecule has 1 unspecified atom stereocenters. The Bertz CT molecular complexity index is 138. The van der Waals surface area contributed by atoms with E-state index in [0.29, 0.717) is 12.1 Å². The predicted molar refractivity (Wildman–Crippen MR) is 52.6 cm³/mol. The van der Waals surface area contributed by atoms with Crippen LogP contribution in [0.4, 0.5) is 0 Å². The molecule has 0 spiro atoms. The van der Waals surface area contributed by atoms with Gasteiger partial charge < -0.3 is 15.1 Å². The van der Waals surface area contributed by atoms with Gasteiger partial charge in [-0.15, -0.1) is 0 Å². The molecular formula is C10H21NO2. The standard InChI is InChI=1S/C8H15NO.C2H6O/c1-9-6-2-3-7(9)5-8(10)4-6;1-2-3/h6-8,10H,2-5H2,1H3;3H,2H2,1H3/t6-,7+,8?;. The van der Waals surface area contributed by atoms with E-state index in [1.807, 2.05) is 0 Å². The number of rotatable bonds is 0. The van der Waals surface area contributed by atoms with Crippen molar-refractivity contribution >= 4 is 0 Å². The highest BCUT2D eigenvalue weighted by Gasteiger charge is 2.37. The molecule has 3 atom stereocenters. The zero-order valence-corrected chi connectivity index (χ0v) is 8.61. The summed E-state index contributed by atoms with van der Waals surface area (Å²) in [4.78, 5) is 2.44. The number of nitrogens with zero attached hydrogens (tertiary/aromatic N) is 1. The van der Waals surface area contributed by atoms with Crippen LogP contribution < -0.4 is 0 Å². The predicted octanol–water partition coefficient (Wildman–Crippen LogP) is 0.602. The van der Waals surface area contributed by atoms with Gasteiger partial charge in [0.15, 0.2) is 0 Å². The summed E-state index contributed by atoms with van der Waals surface area (Å²) in [6, 6.07) is 1.38. The Balaban J connectivity index is 0.000000251. The lowest BCUT2D eigenvalue weighted by atomic mass is 10.0. The lowest BCUT2D eigenvalue weighted by Gasteiger charge is -2.33. The molecule has 78 valence electrons. The molecule has 0 aromatic heterocycles. The molecule has 0 aromatic rings. The first-order chi connectivity index (χ1) is 6.19. The number of aliphatic hydroxyl groups is 2. The zero-order valence-electron chi connectivity index (χ0n) is 8.61. The fourth-order valence-corrected chi connectivity index (χ4v) is 2.38. The van der Waals surface area contributed by atoms with Crippen molar-refractivity contribution in [1.82, 2.24) is 4.90 Å². The van der Waals surface area contributed by atoms with Crippen LogP contribution in [0.5, 0.6) is 0 Å². The van der Waals surface area contributed by atoms with Gasteiger partial charge in [-0.3, -0.25) is 0 Å². The van der Waals surface area contributed by atoms with E-state index in [4.69, 9.17) is 5.11 Å². The van der Waals surface area contributed by atoms with E-state index >= 15 is 0 Å². The van der Waals surface area contributed by atoms with Crippen molar-refractivity contribution in [3.8, 4) is 0 Å². The second kappa shape index (κ2) is 4.94. The van der Waals surface area contributed by atoms with Gasteiger partial charge in [0.2, 0.25) is 0 Å². The number of fused-ring (bicyclic) bond motifs is 2. The molecule has 2 aliphatic rings. The summed E-state index contributed by atoms with van der Waals surface area (Å²) in [5.41, 5.74) is 0. The minimum absolute atomic E-state index is 0.00583. The first-order valence-corrected chi connectivity index (χ1v) is 5.19. The van der Waals surface area contributed by atoms with E-state index in [1.54, 1.807) is 6.92 Å². The van der Waals surface area contributed by atoms with Crippen LogP contribution in [0.1, 0.15) is 32.6 Å². The van der Waals surface area contributed by atoms with Crippen molar-refractivity contribution < 1.29 is 10.2 Å². The molecule has 2 fully saturated rings. The molecule has 0 amide bonds. The van der Waals surface area contributed by atoms with Crippen LogP contribution in [-0.2, 0) is 0 Å². The summed E-state index contributed by atoms with van der Waals surface area (Å²) < 4.78 is 0. The van der Waals surface area contributed by atoms with Gasteiger partial charge in [0.25, 0.3) is 0 Å². The largest absolute Gasteiger partial charge is 0.397 e. The molecule has 2 aliphatic heterocycles. The lowest BCUT2D eigenvalue weighted by Crippen LogP contribution is -2.41. The maximum Gasteiger partial charge on any atom is 0.0570 e. The van der Waals surface area contributed by atoms with E-state index in [0.717, 1.165) is 12.8 Å². The average Bonchev–Trinajstić information content (AvgIpc) is 2.35. The van der Waals surface area contributed by atoms with Gasteiger partial charge in [0.05, 0.1) is 6.10 Å². The molecule has 13 heavy (non-hydrogen) atoms. The van der Waals surface area contributed by atoms with E-state index in [-0.39, 0.29) is 12.7 Å². The Morgan fingerprint density at radius 3 is 2.00 bits per heavy atom. The van der Waals surface area contributed by atoms with E-state index in [1.165, 1.54) is 12.8 Å². The fraction of sp³-hybridized carbons (Fsp3) is 1.00. The highest BCUT2D eigenvalue weighted by Crippen LogP contribution is 2.33. The minimum atomic E-state index is -0.00583. The smallest absolute Gasteiger partial charge is 0.0570 e.